The number of carbonyl (C=O) groups excluding carboxylic acids is 2. The van der Waals surface area contributed by atoms with Crippen LogP contribution in [-0.2, 0) is 9.59 Å². The number of rotatable bonds is 8. The summed E-state index contributed by atoms with van der Waals surface area (Å²) in [7, 11) is 0. The normalized spacial score (nSPS) is 10.6. The van der Waals surface area contributed by atoms with Crippen molar-refractivity contribution in [3.8, 4) is 5.69 Å². The van der Waals surface area contributed by atoms with Crippen LogP contribution in [0, 0.1) is 13.8 Å². The summed E-state index contributed by atoms with van der Waals surface area (Å²) in [5.41, 5.74) is 3.46. The Bertz CT molecular complexity index is 773. The molecule has 2 amide bonds. The van der Waals surface area contributed by atoms with Crippen molar-refractivity contribution < 1.29 is 9.59 Å². The van der Waals surface area contributed by atoms with Crippen LogP contribution in [0.1, 0.15) is 25.0 Å². The number of imidazole rings is 1. The van der Waals surface area contributed by atoms with E-state index in [1.54, 1.807) is 11.1 Å². The first kappa shape index (κ1) is 20.0. The van der Waals surface area contributed by atoms with Crippen LogP contribution in [0.5, 0.6) is 0 Å². The average molecular weight is 375 g/mol. The van der Waals surface area contributed by atoms with Crippen LogP contribution in [0.3, 0.4) is 0 Å². The van der Waals surface area contributed by atoms with Gasteiger partial charge in [0.2, 0.25) is 11.8 Å². The molecule has 26 heavy (non-hydrogen) atoms. The van der Waals surface area contributed by atoms with Gasteiger partial charge in [-0.15, -0.1) is 0 Å². The molecule has 1 N–H and O–H groups in total. The second-order valence-corrected chi connectivity index (χ2v) is 6.89. The van der Waals surface area contributed by atoms with Crippen LogP contribution in [-0.4, -0.2) is 51.7 Å². The van der Waals surface area contributed by atoms with E-state index in [2.05, 4.69) is 30.2 Å². The number of carbonyl (C=O) groups is 2. The van der Waals surface area contributed by atoms with E-state index < -0.39 is 0 Å². The van der Waals surface area contributed by atoms with Gasteiger partial charge < -0.3 is 10.2 Å². The van der Waals surface area contributed by atoms with Gasteiger partial charge in [0.25, 0.3) is 0 Å². The van der Waals surface area contributed by atoms with Crippen molar-refractivity contribution in [1.82, 2.24) is 19.8 Å². The Kier molecular flexibility index (Phi) is 7.26. The van der Waals surface area contributed by atoms with Gasteiger partial charge in [0.05, 0.1) is 18.0 Å². The van der Waals surface area contributed by atoms with Gasteiger partial charge in [0, 0.05) is 25.5 Å². The summed E-state index contributed by atoms with van der Waals surface area (Å²) >= 11 is 1.38. The summed E-state index contributed by atoms with van der Waals surface area (Å²) in [5, 5.41) is 3.49. The Morgan fingerprint density at radius 2 is 2.04 bits per heavy atom. The fraction of sp³-hybridized carbons (Fsp3) is 0.421. The molecule has 0 unspecified atom stereocenters. The molecule has 0 saturated heterocycles. The SMILES string of the molecule is CCNC(=O)CN(CC)C(=O)CSc1nccn1-c1cccc(C)c1C. The summed E-state index contributed by atoms with van der Waals surface area (Å²) in [6.45, 7) is 9.05. The molecule has 0 aliphatic heterocycles. The molecule has 0 fully saturated rings. The fourth-order valence-corrected chi connectivity index (χ4v) is 3.47. The molecule has 0 bridgehead atoms. The highest BCUT2D eigenvalue weighted by Gasteiger charge is 2.17. The lowest BCUT2D eigenvalue weighted by molar-refractivity contribution is -0.133. The number of aryl methyl sites for hydroxylation is 1. The highest BCUT2D eigenvalue weighted by molar-refractivity contribution is 7.99. The van der Waals surface area contributed by atoms with Crippen molar-refractivity contribution in [3.05, 3.63) is 41.7 Å². The topological polar surface area (TPSA) is 67.2 Å². The molecule has 1 heterocycles. The van der Waals surface area contributed by atoms with Crippen LogP contribution < -0.4 is 5.32 Å². The predicted molar refractivity (Wildman–Crippen MR) is 105 cm³/mol. The molecule has 2 rings (SSSR count). The number of hydrogen-bond donors (Lipinski definition) is 1. The van der Waals surface area contributed by atoms with Gasteiger partial charge in [-0.05, 0) is 44.9 Å². The van der Waals surface area contributed by atoms with Crippen molar-refractivity contribution >= 4 is 23.6 Å². The fourth-order valence-electron chi connectivity index (χ4n) is 2.60. The molecule has 140 valence electrons. The Morgan fingerprint density at radius 1 is 1.27 bits per heavy atom. The largest absolute Gasteiger partial charge is 0.355 e. The van der Waals surface area contributed by atoms with Gasteiger partial charge in [0.1, 0.15) is 0 Å². The van der Waals surface area contributed by atoms with Crippen LogP contribution in [0.4, 0.5) is 0 Å². The first-order chi connectivity index (χ1) is 12.5. The number of hydrogen-bond acceptors (Lipinski definition) is 4. The number of aromatic nitrogens is 2. The Labute approximate surface area is 159 Å². The molecule has 0 aliphatic carbocycles. The summed E-state index contributed by atoms with van der Waals surface area (Å²) < 4.78 is 2.00. The van der Waals surface area contributed by atoms with Crippen molar-refractivity contribution in [2.75, 3.05) is 25.4 Å². The maximum atomic E-state index is 12.5. The van der Waals surface area contributed by atoms with E-state index in [1.165, 1.54) is 22.9 Å². The molecular weight excluding hydrogens is 348 g/mol. The van der Waals surface area contributed by atoms with Gasteiger partial charge >= 0.3 is 0 Å². The second-order valence-electron chi connectivity index (χ2n) is 5.95. The monoisotopic (exact) mass is 374 g/mol. The number of thioether (sulfide) groups is 1. The van der Waals surface area contributed by atoms with Gasteiger partial charge in [-0.1, -0.05) is 23.9 Å². The Balaban J connectivity index is 2.06. The Hall–Kier alpha value is -2.28. The molecular formula is C19H26N4O2S. The van der Waals surface area contributed by atoms with E-state index in [4.69, 9.17) is 0 Å². The van der Waals surface area contributed by atoms with E-state index in [0.29, 0.717) is 13.1 Å². The number of amides is 2. The molecule has 1 aromatic carbocycles. The minimum atomic E-state index is -0.135. The van der Waals surface area contributed by atoms with Gasteiger partial charge in [-0.3, -0.25) is 14.2 Å². The minimum absolute atomic E-state index is 0.0701. The third kappa shape index (κ3) is 4.88. The lowest BCUT2D eigenvalue weighted by atomic mass is 10.1. The molecule has 0 radical (unpaired) electrons. The van der Waals surface area contributed by atoms with Gasteiger partial charge in [0.15, 0.2) is 5.16 Å². The maximum Gasteiger partial charge on any atom is 0.239 e. The second kappa shape index (κ2) is 9.43. The summed E-state index contributed by atoms with van der Waals surface area (Å²) in [6, 6.07) is 6.14. The van der Waals surface area contributed by atoms with Gasteiger partial charge in [-0.25, -0.2) is 4.98 Å². The highest BCUT2D eigenvalue weighted by atomic mass is 32.2. The van der Waals surface area contributed by atoms with Crippen molar-refractivity contribution in [1.29, 1.82) is 0 Å². The van der Waals surface area contributed by atoms with Crippen LogP contribution >= 0.6 is 11.8 Å². The maximum absolute atomic E-state index is 12.5. The predicted octanol–water partition coefficient (Wildman–Crippen LogP) is 2.57. The number of likely N-dealkylation sites (N-methyl/N-ethyl adjacent to an activating group) is 2. The first-order valence-corrected chi connectivity index (χ1v) is 9.73. The zero-order valence-electron chi connectivity index (χ0n) is 15.8. The van der Waals surface area contributed by atoms with Crippen molar-refractivity contribution in [2.45, 2.75) is 32.9 Å². The molecule has 0 spiro atoms. The standard InChI is InChI=1S/C19H26N4O2S/c1-5-20-17(24)12-22(6-2)18(25)13-26-19-21-10-11-23(19)16-9-7-8-14(3)15(16)4/h7-11H,5-6,12-13H2,1-4H3,(H,20,24). The quantitative estimate of drug-likeness (QED) is 0.721. The van der Waals surface area contributed by atoms with Crippen LogP contribution in [0.15, 0.2) is 35.7 Å². The molecule has 0 aliphatic rings. The number of nitrogens with zero attached hydrogens (tertiary/aromatic N) is 3. The number of nitrogens with one attached hydrogen (secondary N) is 1. The van der Waals surface area contributed by atoms with Crippen molar-refractivity contribution in [2.24, 2.45) is 0 Å². The summed E-state index contributed by atoms with van der Waals surface area (Å²) in [6.07, 6.45) is 3.64. The van der Waals surface area contributed by atoms with E-state index in [-0.39, 0.29) is 24.1 Å². The smallest absolute Gasteiger partial charge is 0.239 e. The lowest BCUT2D eigenvalue weighted by Crippen LogP contribution is -2.41. The summed E-state index contributed by atoms with van der Waals surface area (Å²) in [5.74, 6) is 0.0404. The highest BCUT2D eigenvalue weighted by Crippen LogP contribution is 2.24. The third-order valence-electron chi connectivity index (χ3n) is 4.21. The van der Waals surface area contributed by atoms with Crippen LogP contribution in [0.25, 0.3) is 5.69 Å². The molecule has 1 aromatic heterocycles. The van der Waals surface area contributed by atoms with Gasteiger partial charge in [-0.2, -0.15) is 0 Å². The minimum Gasteiger partial charge on any atom is -0.355 e. The summed E-state index contributed by atoms with van der Waals surface area (Å²) in [4.78, 5) is 30.1. The van der Waals surface area contributed by atoms with E-state index >= 15 is 0 Å². The zero-order valence-corrected chi connectivity index (χ0v) is 16.6. The molecule has 2 aromatic rings. The Morgan fingerprint density at radius 3 is 2.73 bits per heavy atom. The molecule has 0 saturated carbocycles. The molecule has 6 nitrogen and oxygen atoms in total. The van der Waals surface area contributed by atoms with Crippen LogP contribution in [0.2, 0.25) is 0 Å². The zero-order chi connectivity index (χ0) is 19.1. The molecule has 7 heteroatoms. The van der Waals surface area contributed by atoms with E-state index in [0.717, 1.165) is 10.8 Å². The third-order valence-corrected chi connectivity index (χ3v) is 5.16. The molecule has 0 atom stereocenters. The van der Waals surface area contributed by atoms with E-state index in [9.17, 15) is 9.59 Å². The average Bonchev–Trinajstić information content (AvgIpc) is 3.08. The lowest BCUT2D eigenvalue weighted by Gasteiger charge is -2.20. The number of benzene rings is 1. The first-order valence-electron chi connectivity index (χ1n) is 8.75. The van der Waals surface area contributed by atoms with Crippen molar-refractivity contribution in [3.63, 3.8) is 0 Å². The van der Waals surface area contributed by atoms with E-state index in [1.807, 2.05) is 36.7 Å².